The van der Waals surface area contributed by atoms with E-state index in [4.69, 9.17) is 9.53 Å². The Hall–Kier alpha value is -2.62. The summed E-state index contributed by atoms with van der Waals surface area (Å²) in [5, 5.41) is 0. The van der Waals surface area contributed by atoms with Crippen LogP contribution in [0, 0.1) is 19.7 Å². The average Bonchev–Trinajstić information content (AvgIpc) is 2.52. The quantitative estimate of drug-likeness (QED) is 0.682. The zero-order valence-corrected chi connectivity index (χ0v) is 13.7. The van der Waals surface area contributed by atoms with E-state index in [9.17, 15) is 4.39 Å². The number of carbonyl (C=O) groups is 1. The lowest BCUT2D eigenvalue weighted by Gasteiger charge is -2.07. The SMILES string of the molecule is CCOc1ccc(/C=C/c2ccc(C)c(F)c2)cc1C.NC=O. The van der Waals surface area contributed by atoms with Crippen LogP contribution in [-0.2, 0) is 4.79 Å². The third-order valence-corrected chi connectivity index (χ3v) is 3.16. The molecule has 0 radical (unpaired) electrons. The lowest BCUT2D eigenvalue weighted by atomic mass is 10.1. The summed E-state index contributed by atoms with van der Waals surface area (Å²) in [6.07, 6.45) is 4.14. The van der Waals surface area contributed by atoms with Gasteiger partial charge in [-0.15, -0.1) is 0 Å². The number of nitrogens with two attached hydrogens (primary N) is 1. The van der Waals surface area contributed by atoms with Crippen molar-refractivity contribution >= 4 is 18.6 Å². The fourth-order valence-corrected chi connectivity index (χ4v) is 2.00. The largest absolute Gasteiger partial charge is 0.494 e. The van der Waals surface area contributed by atoms with Crippen LogP contribution in [0.25, 0.3) is 12.2 Å². The van der Waals surface area contributed by atoms with Gasteiger partial charge in [0.2, 0.25) is 6.41 Å². The molecule has 0 aliphatic rings. The fraction of sp³-hybridized carbons (Fsp3) is 0.211. The van der Waals surface area contributed by atoms with Gasteiger partial charge in [0.15, 0.2) is 0 Å². The van der Waals surface area contributed by atoms with Crippen molar-refractivity contribution < 1.29 is 13.9 Å². The van der Waals surface area contributed by atoms with E-state index in [1.807, 2.05) is 44.2 Å². The maximum Gasteiger partial charge on any atom is 0.204 e. The molecule has 0 aliphatic heterocycles. The van der Waals surface area contributed by atoms with Gasteiger partial charge < -0.3 is 10.5 Å². The fourth-order valence-electron chi connectivity index (χ4n) is 2.00. The number of carbonyl (C=O) groups excluding carboxylic acids is 1. The van der Waals surface area contributed by atoms with Crippen molar-refractivity contribution in [3.05, 3.63) is 64.5 Å². The molecule has 0 fully saturated rings. The van der Waals surface area contributed by atoms with Crippen molar-refractivity contribution in [2.24, 2.45) is 5.73 Å². The summed E-state index contributed by atoms with van der Waals surface area (Å²) in [5.74, 6) is 0.737. The van der Waals surface area contributed by atoms with Crippen LogP contribution in [0.1, 0.15) is 29.2 Å². The number of hydrogen-bond donors (Lipinski definition) is 1. The molecule has 3 nitrogen and oxygen atoms in total. The van der Waals surface area contributed by atoms with E-state index in [0.29, 0.717) is 12.2 Å². The van der Waals surface area contributed by atoms with Crippen LogP contribution in [0.5, 0.6) is 5.75 Å². The van der Waals surface area contributed by atoms with Crippen LogP contribution in [-0.4, -0.2) is 13.0 Å². The molecule has 0 unspecified atom stereocenters. The normalized spacial score (nSPS) is 10.1. The Bertz CT molecular complexity index is 681. The zero-order chi connectivity index (χ0) is 17.2. The standard InChI is InChI=1S/C18H19FO.CH3NO/c1-4-20-18-10-9-15(11-14(18)3)7-8-16-6-5-13(2)17(19)12-16;2-1-3/h5-12H,4H2,1-3H3;1H,(H2,2,3)/b8-7+;. The number of rotatable bonds is 4. The van der Waals surface area contributed by atoms with Gasteiger partial charge in [0, 0.05) is 0 Å². The minimum atomic E-state index is -0.171. The van der Waals surface area contributed by atoms with E-state index in [1.165, 1.54) is 0 Å². The second-order valence-corrected chi connectivity index (χ2v) is 4.94. The molecule has 0 spiro atoms. The minimum absolute atomic E-state index is 0.171. The monoisotopic (exact) mass is 315 g/mol. The number of amides is 1. The van der Waals surface area contributed by atoms with Gasteiger partial charge in [0.1, 0.15) is 11.6 Å². The molecule has 23 heavy (non-hydrogen) atoms. The lowest BCUT2D eigenvalue weighted by molar-refractivity contribution is -0.106. The van der Waals surface area contributed by atoms with Crippen molar-refractivity contribution in [2.45, 2.75) is 20.8 Å². The number of primary amides is 1. The van der Waals surface area contributed by atoms with E-state index in [-0.39, 0.29) is 12.2 Å². The van der Waals surface area contributed by atoms with Crippen LogP contribution in [0.4, 0.5) is 4.39 Å². The Labute approximate surface area is 136 Å². The second kappa shape index (κ2) is 9.41. The molecular weight excluding hydrogens is 293 g/mol. The molecule has 1 amide bonds. The van der Waals surface area contributed by atoms with Crippen LogP contribution in [0.15, 0.2) is 36.4 Å². The van der Waals surface area contributed by atoms with E-state index >= 15 is 0 Å². The first-order valence-corrected chi connectivity index (χ1v) is 7.34. The van der Waals surface area contributed by atoms with E-state index in [2.05, 4.69) is 11.8 Å². The van der Waals surface area contributed by atoms with Gasteiger partial charge in [-0.1, -0.05) is 30.4 Å². The molecule has 0 saturated heterocycles. The first-order chi connectivity index (χ1) is 11.0. The lowest BCUT2D eigenvalue weighted by Crippen LogP contribution is -1.93. The maximum atomic E-state index is 13.5. The summed E-state index contributed by atoms with van der Waals surface area (Å²) < 4.78 is 19.0. The molecular formula is C19H22FNO2. The summed E-state index contributed by atoms with van der Waals surface area (Å²) in [7, 11) is 0. The summed E-state index contributed by atoms with van der Waals surface area (Å²) >= 11 is 0. The first-order valence-electron chi connectivity index (χ1n) is 7.34. The molecule has 0 aromatic heterocycles. The summed E-state index contributed by atoms with van der Waals surface area (Å²) in [4.78, 5) is 8.58. The topological polar surface area (TPSA) is 52.3 Å². The molecule has 2 rings (SSSR count). The van der Waals surface area contributed by atoms with Gasteiger partial charge in [-0.2, -0.15) is 0 Å². The molecule has 4 heteroatoms. The Morgan fingerprint density at radius 1 is 1.04 bits per heavy atom. The van der Waals surface area contributed by atoms with Crippen LogP contribution >= 0.6 is 0 Å². The molecule has 122 valence electrons. The molecule has 0 saturated carbocycles. The Kier molecular flexibility index (Phi) is 7.54. The third-order valence-electron chi connectivity index (χ3n) is 3.16. The van der Waals surface area contributed by atoms with Crippen molar-refractivity contribution in [2.75, 3.05) is 6.61 Å². The zero-order valence-electron chi connectivity index (χ0n) is 13.7. The van der Waals surface area contributed by atoms with Crippen LogP contribution in [0.2, 0.25) is 0 Å². The van der Waals surface area contributed by atoms with Crippen LogP contribution in [0.3, 0.4) is 0 Å². The van der Waals surface area contributed by atoms with Gasteiger partial charge in [-0.05, 0) is 61.2 Å². The highest BCUT2D eigenvalue weighted by atomic mass is 19.1. The second-order valence-electron chi connectivity index (χ2n) is 4.94. The molecule has 2 aromatic rings. The van der Waals surface area contributed by atoms with Gasteiger partial charge in [0.05, 0.1) is 6.61 Å². The van der Waals surface area contributed by atoms with Crippen LogP contribution < -0.4 is 10.5 Å². The van der Waals surface area contributed by atoms with Gasteiger partial charge >= 0.3 is 0 Å². The smallest absolute Gasteiger partial charge is 0.204 e. The van der Waals surface area contributed by atoms with Gasteiger partial charge in [-0.25, -0.2) is 4.39 Å². The number of aryl methyl sites for hydroxylation is 2. The Morgan fingerprint density at radius 3 is 2.13 bits per heavy atom. The molecule has 2 N–H and O–H groups in total. The van der Waals surface area contributed by atoms with Crippen molar-refractivity contribution in [3.63, 3.8) is 0 Å². The van der Waals surface area contributed by atoms with Crippen molar-refractivity contribution in [3.8, 4) is 5.75 Å². The minimum Gasteiger partial charge on any atom is -0.494 e. The molecule has 2 aromatic carbocycles. The Morgan fingerprint density at radius 2 is 1.61 bits per heavy atom. The van der Waals surface area contributed by atoms with Crippen molar-refractivity contribution in [1.82, 2.24) is 0 Å². The van der Waals surface area contributed by atoms with Gasteiger partial charge in [0.25, 0.3) is 0 Å². The van der Waals surface area contributed by atoms with E-state index < -0.39 is 0 Å². The summed E-state index contributed by atoms with van der Waals surface area (Å²) in [5.41, 5.74) is 7.87. The number of benzene rings is 2. The van der Waals surface area contributed by atoms with Crippen molar-refractivity contribution in [1.29, 1.82) is 0 Å². The van der Waals surface area contributed by atoms with E-state index in [1.54, 1.807) is 19.1 Å². The molecule has 0 atom stereocenters. The molecule has 0 aliphatic carbocycles. The summed E-state index contributed by atoms with van der Waals surface area (Å²) in [6.45, 7) is 6.42. The highest BCUT2D eigenvalue weighted by Gasteiger charge is 1.99. The number of halogens is 1. The third kappa shape index (κ3) is 5.94. The van der Waals surface area contributed by atoms with E-state index in [0.717, 1.165) is 22.4 Å². The highest BCUT2D eigenvalue weighted by molar-refractivity contribution is 5.70. The predicted octanol–water partition coefficient (Wildman–Crippen LogP) is 4.11. The number of ether oxygens (including phenoxy) is 1. The number of hydrogen-bond acceptors (Lipinski definition) is 2. The highest BCUT2D eigenvalue weighted by Crippen LogP contribution is 2.20. The Balaban J connectivity index is 0.000000816. The molecule has 0 bridgehead atoms. The summed E-state index contributed by atoms with van der Waals surface area (Å²) in [6, 6.07) is 11.3. The maximum absolute atomic E-state index is 13.5. The van der Waals surface area contributed by atoms with Gasteiger partial charge in [-0.3, -0.25) is 4.79 Å². The predicted molar refractivity (Wildman–Crippen MR) is 92.7 cm³/mol. The first kappa shape index (κ1) is 18.4. The average molecular weight is 315 g/mol. The molecule has 0 heterocycles.